The molecule has 0 aliphatic heterocycles. The van der Waals surface area contributed by atoms with Gasteiger partial charge in [-0.05, 0) is 35.9 Å². The van der Waals surface area contributed by atoms with Crippen LogP contribution in [0.2, 0.25) is 0 Å². The Hall–Kier alpha value is -2.96. The van der Waals surface area contributed by atoms with E-state index in [1.54, 1.807) is 18.2 Å². The van der Waals surface area contributed by atoms with Gasteiger partial charge in [0.2, 0.25) is 5.95 Å². The number of hydrogen-bond acceptors (Lipinski definition) is 5. The van der Waals surface area contributed by atoms with Crippen molar-refractivity contribution in [3.05, 3.63) is 53.6 Å². The fraction of sp³-hybridized carbons (Fsp3) is 0.0667. The largest absolute Gasteiger partial charge is 0.383 e. The average molecular weight is 301 g/mol. The van der Waals surface area contributed by atoms with Crippen molar-refractivity contribution in [2.75, 3.05) is 16.8 Å². The molecule has 1 aromatic heterocycles. The summed E-state index contributed by atoms with van der Waals surface area (Å²) in [4.78, 5) is 7.99. The number of anilines is 3. The zero-order valence-corrected chi connectivity index (χ0v) is 11.5. The summed E-state index contributed by atoms with van der Waals surface area (Å²) < 4.78 is 26.0. The second-order valence-electron chi connectivity index (χ2n) is 4.80. The Morgan fingerprint density at radius 2 is 1.77 bits per heavy atom. The van der Waals surface area contributed by atoms with Crippen molar-refractivity contribution in [3.8, 4) is 0 Å². The molecule has 0 amide bonds. The lowest BCUT2D eigenvalue weighted by Crippen LogP contribution is -2.03. The van der Waals surface area contributed by atoms with Crippen molar-refractivity contribution in [2.45, 2.75) is 6.54 Å². The average Bonchev–Trinajstić information content (AvgIpc) is 2.48. The molecule has 0 radical (unpaired) electrons. The van der Waals surface area contributed by atoms with Crippen LogP contribution in [0.5, 0.6) is 0 Å². The zero-order valence-electron chi connectivity index (χ0n) is 11.5. The van der Waals surface area contributed by atoms with Gasteiger partial charge in [-0.2, -0.15) is 4.98 Å². The SMILES string of the molecule is Nc1nc(N)c2cc(NCc3ccc(F)c(F)c3)ccc2n1. The van der Waals surface area contributed by atoms with Crippen molar-refractivity contribution in [2.24, 2.45) is 0 Å². The minimum atomic E-state index is -0.870. The van der Waals surface area contributed by atoms with E-state index in [0.717, 1.165) is 17.8 Å². The molecule has 2 aromatic carbocycles. The summed E-state index contributed by atoms with van der Waals surface area (Å²) in [6, 6.07) is 9.11. The molecule has 22 heavy (non-hydrogen) atoms. The van der Waals surface area contributed by atoms with Crippen molar-refractivity contribution in [1.29, 1.82) is 0 Å². The van der Waals surface area contributed by atoms with Crippen LogP contribution in [0.25, 0.3) is 10.9 Å². The normalized spacial score (nSPS) is 10.8. The number of hydrogen-bond donors (Lipinski definition) is 3. The molecule has 3 aromatic rings. The van der Waals surface area contributed by atoms with Crippen molar-refractivity contribution in [1.82, 2.24) is 9.97 Å². The molecule has 1 heterocycles. The molecule has 3 rings (SSSR count). The van der Waals surface area contributed by atoms with E-state index in [4.69, 9.17) is 11.5 Å². The first-order valence-corrected chi connectivity index (χ1v) is 6.53. The minimum Gasteiger partial charge on any atom is -0.383 e. The fourth-order valence-corrected chi connectivity index (χ4v) is 2.13. The standard InChI is InChI=1S/C15H13F2N5/c16-11-3-1-8(5-12(11)17)7-20-9-2-4-13-10(6-9)14(18)22-15(19)21-13/h1-6,20H,7H2,(H4,18,19,21,22). The lowest BCUT2D eigenvalue weighted by atomic mass is 10.2. The first kappa shape index (κ1) is 14.0. The number of nitrogens with zero attached hydrogens (tertiary/aromatic N) is 2. The maximum atomic E-state index is 13.2. The summed E-state index contributed by atoms with van der Waals surface area (Å²) >= 11 is 0. The molecule has 5 nitrogen and oxygen atoms in total. The molecular formula is C15H13F2N5. The Morgan fingerprint density at radius 3 is 2.55 bits per heavy atom. The monoisotopic (exact) mass is 301 g/mol. The first-order chi connectivity index (χ1) is 10.5. The van der Waals surface area contributed by atoms with Gasteiger partial charge in [0.1, 0.15) is 5.82 Å². The number of halogens is 2. The second-order valence-corrected chi connectivity index (χ2v) is 4.80. The second kappa shape index (κ2) is 5.44. The van der Waals surface area contributed by atoms with Crippen LogP contribution in [0.1, 0.15) is 5.56 Å². The molecule has 0 atom stereocenters. The number of nitrogens with one attached hydrogen (secondary N) is 1. The van der Waals surface area contributed by atoms with Crippen LogP contribution in [-0.2, 0) is 6.54 Å². The quantitative estimate of drug-likeness (QED) is 0.692. The highest BCUT2D eigenvalue weighted by molar-refractivity contribution is 5.91. The Morgan fingerprint density at radius 1 is 0.955 bits per heavy atom. The highest BCUT2D eigenvalue weighted by Gasteiger charge is 2.06. The summed E-state index contributed by atoms with van der Waals surface area (Å²) in [7, 11) is 0. The van der Waals surface area contributed by atoms with E-state index in [9.17, 15) is 8.78 Å². The van der Waals surface area contributed by atoms with E-state index in [-0.39, 0.29) is 5.95 Å². The van der Waals surface area contributed by atoms with Gasteiger partial charge in [0.15, 0.2) is 11.6 Å². The highest BCUT2D eigenvalue weighted by Crippen LogP contribution is 2.23. The van der Waals surface area contributed by atoms with Crippen LogP contribution in [0.3, 0.4) is 0 Å². The molecular weight excluding hydrogens is 288 g/mol. The van der Waals surface area contributed by atoms with Gasteiger partial charge in [-0.25, -0.2) is 13.8 Å². The first-order valence-electron chi connectivity index (χ1n) is 6.53. The van der Waals surface area contributed by atoms with E-state index in [1.807, 2.05) is 0 Å². The third kappa shape index (κ3) is 2.73. The third-order valence-electron chi connectivity index (χ3n) is 3.22. The predicted molar refractivity (Wildman–Crippen MR) is 82.0 cm³/mol. The lowest BCUT2D eigenvalue weighted by Gasteiger charge is -2.09. The van der Waals surface area contributed by atoms with Crippen LogP contribution >= 0.6 is 0 Å². The summed E-state index contributed by atoms with van der Waals surface area (Å²) in [5, 5.41) is 3.78. The number of nitrogen functional groups attached to an aromatic ring is 2. The third-order valence-corrected chi connectivity index (χ3v) is 3.22. The molecule has 0 saturated carbocycles. The summed E-state index contributed by atoms with van der Waals surface area (Å²) in [6.07, 6.45) is 0. The maximum absolute atomic E-state index is 13.2. The topological polar surface area (TPSA) is 89.8 Å². The molecule has 0 aliphatic carbocycles. The van der Waals surface area contributed by atoms with Crippen LogP contribution < -0.4 is 16.8 Å². The minimum absolute atomic E-state index is 0.118. The summed E-state index contributed by atoms with van der Waals surface area (Å²) in [5.74, 6) is -1.32. The Bertz CT molecular complexity index is 851. The van der Waals surface area contributed by atoms with Crippen LogP contribution in [0.4, 0.5) is 26.2 Å². The van der Waals surface area contributed by atoms with Gasteiger partial charge in [-0.3, -0.25) is 0 Å². The van der Waals surface area contributed by atoms with E-state index >= 15 is 0 Å². The van der Waals surface area contributed by atoms with Gasteiger partial charge in [0, 0.05) is 17.6 Å². The van der Waals surface area contributed by atoms with Gasteiger partial charge in [-0.1, -0.05) is 6.07 Å². The van der Waals surface area contributed by atoms with Gasteiger partial charge < -0.3 is 16.8 Å². The molecule has 0 bridgehead atoms. The molecule has 112 valence electrons. The Labute approximate surface area is 125 Å². The molecule has 0 unspecified atom stereocenters. The van der Waals surface area contributed by atoms with Gasteiger partial charge in [-0.15, -0.1) is 0 Å². The summed E-state index contributed by atoms with van der Waals surface area (Å²) in [5.41, 5.74) is 13.4. The van der Waals surface area contributed by atoms with E-state index in [1.165, 1.54) is 6.07 Å². The van der Waals surface area contributed by atoms with Crippen molar-refractivity contribution < 1.29 is 8.78 Å². The molecule has 0 fully saturated rings. The fourth-order valence-electron chi connectivity index (χ4n) is 2.13. The number of benzene rings is 2. The van der Waals surface area contributed by atoms with Gasteiger partial charge in [0.05, 0.1) is 5.52 Å². The Balaban J connectivity index is 1.83. The number of aromatic nitrogens is 2. The van der Waals surface area contributed by atoms with E-state index < -0.39 is 11.6 Å². The molecule has 0 aliphatic rings. The number of nitrogens with two attached hydrogens (primary N) is 2. The van der Waals surface area contributed by atoms with E-state index in [0.29, 0.717) is 28.8 Å². The number of fused-ring (bicyclic) bond motifs is 1. The smallest absolute Gasteiger partial charge is 0.222 e. The number of rotatable bonds is 3. The summed E-state index contributed by atoms with van der Waals surface area (Å²) in [6.45, 7) is 0.346. The van der Waals surface area contributed by atoms with Crippen LogP contribution in [0.15, 0.2) is 36.4 Å². The lowest BCUT2D eigenvalue weighted by molar-refractivity contribution is 0.507. The van der Waals surface area contributed by atoms with Crippen LogP contribution in [0, 0.1) is 11.6 Å². The van der Waals surface area contributed by atoms with Crippen molar-refractivity contribution >= 4 is 28.4 Å². The van der Waals surface area contributed by atoms with Gasteiger partial charge >= 0.3 is 0 Å². The molecule has 7 heteroatoms. The predicted octanol–water partition coefficient (Wildman–Crippen LogP) is 2.68. The molecule has 5 N–H and O–H groups in total. The molecule has 0 spiro atoms. The molecule has 0 saturated heterocycles. The highest BCUT2D eigenvalue weighted by atomic mass is 19.2. The van der Waals surface area contributed by atoms with Gasteiger partial charge in [0.25, 0.3) is 0 Å². The van der Waals surface area contributed by atoms with E-state index in [2.05, 4.69) is 15.3 Å². The Kier molecular flexibility index (Phi) is 3.46. The zero-order chi connectivity index (χ0) is 15.7. The van der Waals surface area contributed by atoms with Crippen molar-refractivity contribution in [3.63, 3.8) is 0 Å². The van der Waals surface area contributed by atoms with Crippen LogP contribution in [-0.4, -0.2) is 9.97 Å². The maximum Gasteiger partial charge on any atom is 0.222 e.